The molecule has 2 heteroatoms. The molecule has 0 aliphatic carbocycles. The van der Waals surface area contributed by atoms with Gasteiger partial charge in [0.25, 0.3) is 0 Å². The number of esters is 1. The maximum atomic E-state index is 11.0. The quantitative estimate of drug-likeness (QED) is 0.417. The highest BCUT2D eigenvalue weighted by atomic mass is 16.5. The van der Waals surface area contributed by atoms with E-state index in [1.54, 1.807) is 0 Å². The van der Waals surface area contributed by atoms with Gasteiger partial charge in [-0.25, -0.2) is 0 Å². The average Bonchev–Trinajstić information content (AvgIpc) is 2.38. The zero-order valence-corrected chi connectivity index (χ0v) is 12.7. The molecule has 0 aromatic heterocycles. The summed E-state index contributed by atoms with van der Waals surface area (Å²) in [4.78, 5) is 11.0. The SMILES string of the molecule is C=CCCC(CC=C(C)CCOC(=O)CC)C(=C)C. The van der Waals surface area contributed by atoms with E-state index in [0.717, 1.165) is 25.7 Å². The predicted octanol–water partition coefficient (Wildman–Crippen LogP) is 4.82. The van der Waals surface area contributed by atoms with Crippen LogP contribution in [-0.4, -0.2) is 12.6 Å². The molecular weight excluding hydrogens is 236 g/mol. The van der Waals surface area contributed by atoms with Crippen molar-refractivity contribution in [1.82, 2.24) is 0 Å². The first-order valence-electron chi connectivity index (χ1n) is 7.08. The molecule has 0 rings (SSSR count). The van der Waals surface area contributed by atoms with Gasteiger partial charge in [-0.3, -0.25) is 4.79 Å². The molecule has 0 radical (unpaired) electrons. The van der Waals surface area contributed by atoms with E-state index in [9.17, 15) is 4.79 Å². The summed E-state index contributed by atoms with van der Waals surface area (Å²) in [7, 11) is 0. The number of rotatable bonds is 10. The van der Waals surface area contributed by atoms with E-state index < -0.39 is 0 Å². The minimum Gasteiger partial charge on any atom is -0.465 e. The molecule has 1 atom stereocenters. The highest BCUT2D eigenvalue weighted by molar-refractivity contribution is 5.68. The zero-order chi connectivity index (χ0) is 14.7. The Balaban J connectivity index is 4.08. The Morgan fingerprint density at radius 2 is 2.05 bits per heavy atom. The van der Waals surface area contributed by atoms with Crippen LogP contribution in [0.25, 0.3) is 0 Å². The molecule has 0 saturated carbocycles. The van der Waals surface area contributed by atoms with Crippen molar-refractivity contribution in [3.05, 3.63) is 36.5 Å². The standard InChI is InChI=1S/C17H28O2/c1-6-8-9-16(14(3)4)11-10-15(5)12-13-19-17(18)7-2/h6,10,16H,1,3,7-9,11-13H2,2,4-5H3. The van der Waals surface area contributed by atoms with E-state index in [2.05, 4.69) is 33.1 Å². The molecule has 0 aromatic rings. The number of hydrogen-bond donors (Lipinski definition) is 0. The second-order valence-corrected chi connectivity index (χ2v) is 5.02. The third-order valence-electron chi connectivity index (χ3n) is 3.22. The maximum Gasteiger partial charge on any atom is 0.305 e. The smallest absolute Gasteiger partial charge is 0.305 e. The van der Waals surface area contributed by atoms with Crippen molar-refractivity contribution in [1.29, 1.82) is 0 Å². The largest absolute Gasteiger partial charge is 0.465 e. The van der Waals surface area contributed by atoms with Crippen LogP contribution >= 0.6 is 0 Å². The van der Waals surface area contributed by atoms with Gasteiger partial charge < -0.3 is 4.74 Å². The first kappa shape index (κ1) is 17.7. The van der Waals surface area contributed by atoms with Gasteiger partial charge in [0, 0.05) is 12.8 Å². The molecule has 2 nitrogen and oxygen atoms in total. The normalized spacial score (nSPS) is 12.9. The molecule has 108 valence electrons. The van der Waals surface area contributed by atoms with Crippen molar-refractivity contribution in [3.63, 3.8) is 0 Å². The number of hydrogen-bond acceptors (Lipinski definition) is 2. The zero-order valence-electron chi connectivity index (χ0n) is 12.7. The minimum atomic E-state index is -0.126. The van der Waals surface area contributed by atoms with Crippen molar-refractivity contribution >= 4 is 5.97 Å². The van der Waals surface area contributed by atoms with E-state index in [1.807, 2.05) is 13.0 Å². The molecule has 19 heavy (non-hydrogen) atoms. The highest BCUT2D eigenvalue weighted by Crippen LogP contribution is 2.21. The molecule has 0 heterocycles. The van der Waals surface area contributed by atoms with Gasteiger partial charge in [0.2, 0.25) is 0 Å². The average molecular weight is 264 g/mol. The molecule has 0 spiro atoms. The first-order valence-corrected chi connectivity index (χ1v) is 7.08. The lowest BCUT2D eigenvalue weighted by atomic mass is 9.92. The lowest BCUT2D eigenvalue weighted by molar-refractivity contribution is -0.143. The summed E-state index contributed by atoms with van der Waals surface area (Å²) < 4.78 is 5.07. The van der Waals surface area contributed by atoms with Gasteiger partial charge in [-0.05, 0) is 39.0 Å². The van der Waals surface area contributed by atoms with Crippen molar-refractivity contribution in [2.24, 2.45) is 5.92 Å². The van der Waals surface area contributed by atoms with Crippen LogP contribution in [0.2, 0.25) is 0 Å². The molecule has 0 amide bonds. The van der Waals surface area contributed by atoms with Gasteiger partial charge in [-0.15, -0.1) is 6.58 Å². The summed E-state index contributed by atoms with van der Waals surface area (Å²) in [5, 5.41) is 0. The molecule has 1 unspecified atom stereocenters. The Morgan fingerprint density at radius 3 is 2.58 bits per heavy atom. The second-order valence-electron chi connectivity index (χ2n) is 5.02. The fraction of sp³-hybridized carbons (Fsp3) is 0.588. The molecule has 0 N–H and O–H groups in total. The van der Waals surface area contributed by atoms with Gasteiger partial charge >= 0.3 is 5.97 Å². The predicted molar refractivity (Wildman–Crippen MR) is 82.0 cm³/mol. The maximum absolute atomic E-state index is 11.0. The van der Waals surface area contributed by atoms with E-state index >= 15 is 0 Å². The molecular formula is C17H28O2. The number of carbonyl (C=O) groups is 1. The minimum absolute atomic E-state index is 0.126. The van der Waals surface area contributed by atoms with E-state index in [4.69, 9.17) is 4.74 Å². The highest BCUT2D eigenvalue weighted by Gasteiger charge is 2.07. The van der Waals surface area contributed by atoms with Crippen LogP contribution in [0.15, 0.2) is 36.5 Å². The lowest BCUT2D eigenvalue weighted by Gasteiger charge is -2.14. The second kappa shape index (κ2) is 10.6. The van der Waals surface area contributed by atoms with Gasteiger partial charge in [0.05, 0.1) is 6.61 Å². The molecule has 0 bridgehead atoms. The van der Waals surface area contributed by atoms with Gasteiger partial charge in [0.15, 0.2) is 0 Å². The summed E-state index contributed by atoms with van der Waals surface area (Å²) >= 11 is 0. The summed E-state index contributed by atoms with van der Waals surface area (Å²) in [5.41, 5.74) is 2.50. The van der Waals surface area contributed by atoms with Crippen LogP contribution < -0.4 is 0 Å². The van der Waals surface area contributed by atoms with Crippen LogP contribution in [0.5, 0.6) is 0 Å². The van der Waals surface area contributed by atoms with Crippen LogP contribution in [0.3, 0.4) is 0 Å². The Kier molecular flexibility index (Phi) is 9.87. The van der Waals surface area contributed by atoms with Crippen molar-refractivity contribution in [2.45, 2.75) is 52.9 Å². The number of ether oxygens (including phenoxy) is 1. The monoisotopic (exact) mass is 264 g/mol. The van der Waals surface area contributed by atoms with Gasteiger partial charge in [-0.2, -0.15) is 0 Å². The van der Waals surface area contributed by atoms with Crippen LogP contribution in [0.1, 0.15) is 52.9 Å². The van der Waals surface area contributed by atoms with Gasteiger partial charge in [0.1, 0.15) is 0 Å². The molecule has 0 aromatic carbocycles. The van der Waals surface area contributed by atoms with Gasteiger partial charge in [-0.1, -0.05) is 36.8 Å². The third kappa shape index (κ3) is 9.29. The Morgan fingerprint density at radius 1 is 1.37 bits per heavy atom. The summed E-state index contributed by atoms with van der Waals surface area (Å²) in [6, 6.07) is 0. The van der Waals surface area contributed by atoms with E-state index in [1.165, 1.54) is 11.1 Å². The van der Waals surface area contributed by atoms with Crippen LogP contribution in [0, 0.1) is 5.92 Å². The topological polar surface area (TPSA) is 26.3 Å². The third-order valence-corrected chi connectivity index (χ3v) is 3.22. The van der Waals surface area contributed by atoms with Crippen molar-refractivity contribution in [3.8, 4) is 0 Å². The van der Waals surface area contributed by atoms with E-state index in [0.29, 0.717) is 18.9 Å². The van der Waals surface area contributed by atoms with Crippen molar-refractivity contribution in [2.75, 3.05) is 6.61 Å². The fourth-order valence-corrected chi connectivity index (χ4v) is 1.76. The van der Waals surface area contributed by atoms with Crippen LogP contribution in [0.4, 0.5) is 0 Å². The summed E-state index contributed by atoms with van der Waals surface area (Å²) in [6.45, 7) is 14.3. The summed E-state index contributed by atoms with van der Waals surface area (Å²) in [6.07, 6.45) is 8.60. The number of allylic oxidation sites excluding steroid dienone is 3. The Bertz CT molecular complexity index is 326. The lowest BCUT2D eigenvalue weighted by Crippen LogP contribution is -2.04. The molecule has 0 aliphatic rings. The Labute approximate surface area is 118 Å². The van der Waals surface area contributed by atoms with Crippen LogP contribution in [-0.2, 0) is 9.53 Å². The first-order chi connectivity index (χ1) is 9.01. The molecule has 0 saturated heterocycles. The number of carbonyl (C=O) groups excluding carboxylic acids is 1. The molecule has 0 aliphatic heterocycles. The Hall–Kier alpha value is -1.31. The molecule has 0 fully saturated rings. The van der Waals surface area contributed by atoms with E-state index in [-0.39, 0.29) is 5.97 Å². The van der Waals surface area contributed by atoms with Crippen molar-refractivity contribution < 1.29 is 9.53 Å². The fourth-order valence-electron chi connectivity index (χ4n) is 1.76. The summed E-state index contributed by atoms with van der Waals surface area (Å²) in [5.74, 6) is 0.393.